The van der Waals surface area contributed by atoms with Gasteiger partial charge in [0.15, 0.2) is 5.96 Å². The summed E-state index contributed by atoms with van der Waals surface area (Å²) >= 11 is 0. The van der Waals surface area contributed by atoms with Crippen LogP contribution in [0, 0.1) is 5.41 Å². The molecular formula is C14H20MoN4O4. The molecular weight excluding hydrogens is 384 g/mol. The van der Waals surface area contributed by atoms with Crippen molar-refractivity contribution in [3.63, 3.8) is 0 Å². The van der Waals surface area contributed by atoms with E-state index in [9.17, 15) is 15.0 Å². The SMILES string of the molecule is N=C(N)NCCC[C@H](N=CCc1ccc(O)cc1O)C(=O)O.[Mo]. The molecule has 0 heterocycles. The molecule has 1 rings (SSSR count). The molecule has 0 aliphatic heterocycles. The normalized spacial score (nSPS) is 11.7. The Kier molecular flexibility index (Phi) is 9.65. The van der Waals surface area contributed by atoms with Crippen molar-refractivity contribution in [1.82, 2.24) is 5.32 Å². The predicted molar refractivity (Wildman–Crippen MR) is 82.5 cm³/mol. The standard InChI is InChI=1S/C14H20N4O4.Mo/c15-14(16)18-6-1-2-11(13(21)22)17-7-5-9-3-4-10(19)8-12(9)20;/h3-4,7-8,11,19-20H,1-2,5-6H2,(H,21,22)(H4,15,16,18);/t11-;/m0./s1. The summed E-state index contributed by atoms with van der Waals surface area (Å²) in [5, 5.41) is 37.5. The number of hydrogen-bond acceptors (Lipinski definition) is 5. The zero-order chi connectivity index (χ0) is 16.5. The third-order valence-corrected chi connectivity index (χ3v) is 2.92. The van der Waals surface area contributed by atoms with E-state index >= 15 is 0 Å². The number of aliphatic carboxylic acids is 1. The van der Waals surface area contributed by atoms with Gasteiger partial charge in [0.2, 0.25) is 0 Å². The molecule has 1 aromatic carbocycles. The van der Waals surface area contributed by atoms with Crippen LogP contribution >= 0.6 is 0 Å². The first-order valence-electron chi connectivity index (χ1n) is 6.73. The van der Waals surface area contributed by atoms with Crippen LogP contribution in [0.25, 0.3) is 0 Å². The fourth-order valence-electron chi connectivity index (χ4n) is 1.78. The van der Waals surface area contributed by atoms with Gasteiger partial charge in [0, 0.05) is 46.3 Å². The molecule has 0 amide bonds. The van der Waals surface area contributed by atoms with E-state index in [0.717, 1.165) is 0 Å². The summed E-state index contributed by atoms with van der Waals surface area (Å²) in [6.07, 6.45) is 2.52. The largest absolute Gasteiger partial charge is 0.508 e. The summed E-state index contributed by atoms with van der Waals surface area (Å²) in [7, 11) is 0. The minimum Gasteiger partial charge on any atom is -0.508 e. The molecule has 0 aliphatic carbocycles. The molecule has 0 fully saturated rings. The van der Waals surface area contributed by atoms with Crippen molar-refractivity contribution >= 4 is 18.1 Å². The van der Waals surface area contributed by atoms with E-state index in [0.29, 0.717) is 24.9 Å². The number of guanidine groups is 1. The van der Waals surface area contributed by atoms with Gasteiger partial charge < -0.3 is 26.4 Å². The molecule has 0 aliphatic rings. The molecule has 0 saturated heterocycles. The van der Waals surface area contributed by atoms with Crippen LogP contribution < -0.4 is 11.1 Å². The van der Waals surface area contributed by atoms with E-state index < -0.39 is 12.0 Å². The van der Waals surface area contributed by atoms with Gasteiger partial charge in [0.05, 0.1) is 0 Å². The summed E-state index contributed by atoms with van der Waals surface area (Å²) in [5.41, 5.74) is 5.67. The topological polar surface area (TPSA) is 152 Å². The Morgan fingerprint density at radius 1 is 1.43 bits per heavy atom. The number of phenols is 2. The minimum atomic E-state index is -1.03. The number of nitrogens with two attached hydrogens (primary N) is 1. The van der Waals surface area contributed by atoms with E-state index in [4.69, 9.17) is 16.2 Å². The molecule has 1 aromatic rings. The summed E-state index contributed by atoms with van der Waals surface area (Å²) in [6.45, 7) is 0.410. The summed E-state index contributed by atoms with van der Waals surface area (Å²) in [5.74, 6) is -1.30. The fraction of sp³-hybridized carbons (Fsp3) is 0.357. The molecule has 0 radical (unpaired) electrons. The van der Waals surface area contributed by atoms with Gasteiger partial charge in [-0.05, 0) is 24.5 Å². The number of carbonyl (C=O) groups is 1. The maximum atomic E-state index is 11.1. The monoisotopic (exact) mass is 406 g/mol. The van der Waals surface area contributed by atoms with Crippen LogP contribution in [0.1, 0.15) is 18.4 Å². The van der Waals surface area contributed by atoms with E-state index in [1.807, 2.05) is 0 Å². The van der Waals surface area contributed by atoms with Gasteiger partial charge >= 0.3 is 5.97 Å². The van der Waals surface area contributed by atoms with Crippen molar-refractivity contribution in [2.45, 2.75) is 25.3 Å². The maximum absolute atomic E-state index is 11.1. The Balaban J connectivity index is 0.00000484. The van der Waals surface area contributed by atoms with Gasteiger partial charge in [-0.1, -0.05) is 6.07 Å². The van der Waals surface area contributed by atoms with Crippen molar-refractivity contribution in [2.24, 2.45) is 10.7 Å². The first-order valence-corrected chi connectivity index (χ1v) is 6.73. The molecule has 126 valence electrons. The second kappa shape index (κ2) is 10.6. The zero-order valence-electron chi connectivity index (χ0n) is 12.4. The van der Waals surface area contributed by atoms with Crippen LogP contribution in [0.2, 0.25) is 0 Å². The van der Waals surface area contributed by atoms with Crippen molar-refractivity contribution < 1.29 is 41.2 Å². The third kappa shape index (κ3) is 8.20. The first-order chi connectivity index (χ1) is 10.4. The van der Waals surface area contributed by atoms with Gasteiger partial charge in [0.1, 0.15) is 17.5 Å². The van der Waals surface area contributed by atoms with Gasteiger partial charge in [-0.15, -0.1) is 0 Å². The number of rotatable bonds is 8. The Morgan fingerprint density at radius 2 is 2.13 bits per heavy atom. The molecule has 0 spiro atoms. The van der Waals surface area contributed by atoms with E-state index in [1.165, 1.54) is 18.3 Å². The second-order valence-corrected chi connectivity index (χ2v) is 4.69. The van der Waals surface area contributed by atoms with E-state index in [-0.39, 0.29) is 44.9 Å². The minimum absolute atomic E-state index is 0. The Hall–Kier alpha value is -2.08. The number of aliphatic imine (C=N–C) groups is 1. The Labute approximate surface area is 148 Å². The van der Waals surface area contributed by atoms with E-state index in [2.05, 4.69) is 10.3 Å². The number of carboxylic acid groups (broad SMARTS) is 1. The Bertz CT molecular complexity index is 566. The first kappa shape index (κ1) is 20.9. The van der Waals surface area contributed by atoms with Crippen LogP contribution in [-0.2, 0) is 32.3 Å². The summed E-state index contributed by atoms with van der Waals surface area (Å²) in [6, 6.07) is 3.31. The number of hydrogen-bond donors (Lipinski definition) is 6. The molecule has 0 aromatic heterocycles. The van der Waals surface area contributed by atoms with Crippen LogP contribution in [0.5, 0.6) is 11.5 Å². The van der Waals surface area contributed by atoms with Gasteiger partial charge in [-0.2, -0.15) is 0 Å². The number of benzene rings is 1. The number of carboxylic acids is 1. The van der Waals surface area contributed by atoms with Crippen LogP contribution in [0.4, 0.5) is 0 Å². The quantitative estimate of drug-likeness (QED) is 0.160. The van der Waals surface area contributed by atoms with Gasteiger partial charge in [-0.3, -0.25) is 10.4 Å². The molecule has 9 heteroatoms. The van der Waals surface area contributed by atoms with E-state index in [1.54, 1.807) is 6.07 Å². The molecule has 1 atom stereocenters. The number of nitrogens with zero attached hydrogens (tertiary/aromatic N) is 1. The summed E-state index contributed by atoms with van der Waals surface area (Å²) in [4.78, 5) is 15.1. The van der Waals surface area contributed by atoms with Crippen LogP contribution in [0.15, 0.2) is 23.2 Å². The van der Waals surface area contributed by atoms with Crippen LogP contribution in [-0.4, -0.2) is 46.0 Å². The third-order valence-electron chi connectivity index (χ3n) is 2.92. The van der Waals surface area contributed by atoms with Crippen LogP contribution in [0.3, 0.4) is 0 Å². The number of phenolic OH excluding ortho intramolecular Hbond substituents is 2. The molecule has 8 nitrogen and oxygen atoms in total. The predicted octanol–water partition coefficient (Wildman–Crippen LogP) is 0.425. The molecule has 7 N–H and O–H groups in total. The van der Waals surface area contributed by atoms with Gasteiger partial charge in [0.25, 0.3) is 0 Å². The maximum Gasteiger partial charge on any atom is 0.328 e. The summed E-state index contributed by atoms with van der Waals surface area (Å²) < 4.78 is 0. The fourth-order valence-corrected chi connectivity index (χ4v) is 1.78. The second-order valence-electron chi connectivity index (χ2n) is 4.69. The molecule has 0 bridgehead atoms. The Morgan fingerprint density at radius 3 is 2.70 bits per heavy atom. The van der Waals surface area contributed by atoms with Gasteiger partial charge in [-0.25, -0.2) is 4.79 Å². The van der Waals surface area contributed by atoms with Crippen molar-refractivity contribution in [3.05, 3.63) is 23.8 Å². The van der Waals surface area contributed by atoms with Crippen molar-refractivity contribution in [3.8, 4) is 11.5 Å². The average Bonchev–Trinajstić information content (AvgIpc) is 2.42. The molecule has 0 saturated carbocycles. The number of nitrogens with one attached hydrogen (secondary N) is 2. The molecule has 23 heavy (non-hydrogen) atoms. The smallest absolute Gasteiger partial charge is 0.328 e. The molecule has 0 unspecified atom stereocenters. The van der Waals surface area contributed by atoms with Crippen molar-refractivity contribution in [1.29, 1.82) is 5.41 Å². The number of aromatic hydroxyl groups is 2. The average molecular weight is 404 g/mol. The van der Waals surface area contributed by atoms with Crippen molar-refractivity contribution in [2.75, 3.05) is 6.54 Å². The zero-order valence-corrected chi connectivity index (χ0v) is 14.4.